The van der Waals surface area contributed by atoms with E-state index in [9.17, 15) is 4.79 Å². The summed E-state index contributed by atoms with van der Waals surface area (Å²) in [5, 5.41) is 3.10. The summed E-state index contributed by atoms with van der Waals surface area (Å²) in [5.41, 5.74) is 2.45. The van der Waals surface area contributed by atoms with E-state index in [0.29, 0.717) is 19.0 Å². The molecular formula is C22H30N3O2+. The van der Waals surface area contributed by atoms with Gasteiger partial charge in [-0.25, -0.2) is 0 Å². The van der Waals surface area contributed by atoms with Gasteiger partial charge in [0.05, 0.1) is 33.3 Å². The molecule has 0 radical (unpaired) electrons. The maximum Gasteiger partial charge on any atom is 0.275 e. The number of quaternary nitrogens is 1. The number of benzene rings is 2. The third-order valence-electron chi connectivity index (χ3n) is 5.27. The van der Waals surface area contributed by atoms with E-state index in [1.165, 1.54) is 16.2 Å². The summed E-state index contributed by atoms with van der Waals surface area (Å²) in [6.45, 7) is 7.24. The number of hydrogen-bond acceptors (Lipinski definition) is 3. The minimum Gasteiger partial charge on any atom is -0.497 e. The van der Waals surface area contributed by atoms with Crippen LogP contribution >= 0.6 is 0 Å². The number of piperazine rings is 1. The Balaban J connectivity index is 1.41. The van der Waals surface area contributed by atoms with E-state index >= 15 is 0 Å². The van der Waals surface area contributed by atoms with E-state index in [4.69, 9.17) is 4.74 Å². The molecule has 1 heterocycles. The van der Waals surface area contributed by atoms with Crippen molar-refractivity contribution >= 4 is 11.6 Å². The van der Waals surface area contributed by atoms with Crippen LogP contribution in [0.3, 0.4) is 0 Å². The highest BCUT2D eigenvalue weighted by molar-refractivity contribution is 5.76. The van der Waals surface area contributed by atoms with Crippen molar-refractivity contribution in [1.82, 2.24) is 5.32 Å². The second kappa shape index (κ2) is 9.42. The average molecular weight is 369 g/mol. The van der Waals surface area contributed by atoms with E-state index in [-0.39, 0.29) is 5.91 Å². The Morgan fingerprint density at radius 3 is 2.59 bits per heavy atom. The van der Waals surface area contributed by atoms with Gasteiger partial charge >= 0.3 is 0 Å². The normalized spacial score (nSPS) is 16.0. The van der Waals surface area contributed by atoms with Gasteiger partial charge in [0.15, 0.2) is 6.54 Å². The van der Waals surface area contributed by atoms with Gasteiger partial charge in [0.25, 0.3) is 5.91 Å². The molecule has 1 atom stereocenters. The van der Waals surface area contributed by atoms with E-state index in [0.717, 1.165) is 31.9 Å². The topological polar surface area (TPSA) is 46.0 Å². The zero-order valence-electron chi connectivity index (χ0n) is 16.3. The van der Waals surface area contributed by atoms with Crippen LogP contribution in [-0.4, -0.2) is 52.3 Å². The fraction of sp³-hybridized carbons (Fsp3) is 0.409. The number of hydrogen-bond donors (Lipinski definition) is 2. The molecule has 1 fully saturated rings. The monoisotopic (exact) mass is 368 g/mol. The second-order valence-electron chi connectivity index (χ2n) is 7.23. The summed E-state index contributed by atoms with van der Waals surface area (Å²) >= 11 is 0. The lowest BCUT2D eigenvalue weighted by atomic mass is 10.0. The molecule has 1 amide bonds. The van der Waals surface area contributed by atoms with Gasteiger partial charge in [0, 0.05) is 18.3 Å². The first-order chi connectivity index (χ1) is 13.2. The fourth-order valence-electron chi connectivity index (χ4n) is 3.52. The van der Waals surface area contributed by atoms with E-state index in [1.54, 1.807) is 7.11 Å². The number of carbonyl (C=O) groups excluding carboxylic acids is 1. The third-order valence-corrected chi connectivity index (χ3v) is 5.27. The Labute approximate surface area is 161 Å². The Hall–Kier alpha value is -2.53. The molecule has 0 aromatic heterocycles. The van der Waals surface area contributed by atoms with E-state index < -0.39 is 0 Å². The first kappa shape index (κ1) is 19.2. The number of nitrogens with one attached hydrogen (secondary N) is 2. The van der Waals surface area contributed by atoms with Gasteiger partial charge in [0.1, 0.15) is 5.75 Å². The molecule has 2 N–H and O–H groups in total. The molecule has 0 saturated carbocycles. The zero-order chi connectivity index (χ0) is 19.1. The first-order valence-electron chi connectivity index (χ1n) is 9.70. The van der Waals surface area contributed by atoms with Crippen LogP contribution in [0.5, 0.6) is 5.75 Å². The Morgan fingerprint density at radius 2 is 1.89 bits per heavy atom. The van der Waals surface area contributed by atoms with E-state index in [2.05, 4.69) is 41.4 Å². The van der Waals surface area contributed by atoms with Crippen molar-refractivity contribution < 1.29 is 14.4 Å². The summed E-state index contributed by atoms with van der Waals surface area (Å²) in [6.07, 6.45) is 0. The van der Waals surface area contributed by atoms with Gasteiger partial charge in [0.2, 0.25) is 0 Å². The highest BCUT2D eigenvalue weighted by atomic mass is 16.5. The molecule has 0 aliphatic carbocycles. The summed E-state index contributed by atoms with van der Waals surface area (Å²) < 4.78 is 5.31. The molecule has 2 aromatic carbocycles. The van der Waals surface area contributed by atoms with Crippen LogP contribution in [0.2, 0.25) is 0 Å². The molecular weight excluding hydrogens is 338 g/mol. The van der Waals surface area contributed by atoms with Crippen molar-refractivity contribution in [2.24, 2.45) is 0 Å². The molecule has 0 spiro atoms. The summed E-state index contributed by atoms with van der Waals surface area (Å²) in [7, 11) is 1.69. The van der Waals surface area contributed by atoms with E-state index in [1.807, 2.05) is 30.3 Å². The smallest absolute Gasteiger partial charge is 0.275 e. The molecule has 1 aliphatic heterocycles. The quantitative estimate of drug-likeness (QED) is 0.775. The predicted molar refractivity (Wildman–Crippen MR) is 109 cm³/mol. The van der Waals surface area contributed by atoms with Crippen LogP contribution in [0.25, 0.3) is 0 Å². The highest BCUT2D eigenvalue weighted by Gasteiger charge is 2.22. The van der Waals surface area contributed by atoms with Gasteiger partial charge in [-0.1, -0.05) is 43.3 Å². The van der Waals surface area contributed by atoms with Gasteiger partial charge in [-0.15, -0.1) is 0 Å². The third kappa shape index (κ3) is 5.47. The second-order valence-corrected chi connectivity index (χ2v) is 7.23. The van der Waals surface area contributed by atoms with Crippen LogP contribution in [0.1, 0.15) is 18.4 Å². The fourth-order valence-corrected chi connectivity index (χ4v) is 3.52. The molecule has 27 heavy (non-hydrogen) atoms. The molecule has 5 heteroatoms. The molecule has 0 bridgehead atoms. The minimum absolute atomic E-state index is 0.141. The first-order valence-corrected chi connectivity index (χ1v) is 9.70. The molecule has 0 unspecified atom stereocenters. The Morgan fingerprint density at radius 1 is 1.15 bits per heavy atom. The van der Waals surface area contributed by atoms with Crippen LogP contribution in [0, 0.1) is 0 Å². The van der Waals surface area contributed by atoms with Gasteiger partial charge in [-0.2, -0.15) is 0 Å². The number of rotatable bonds is 7. The molecule has 5 nitrogen and oxygen atoms in total. The SMILES string of the molecule is COc1cccc(N2CC[NH+](CC(=O)NC[C@@H](C)c3ccccc3)CC2)c1. The molecule has 144 valence electrons. The van der Waals surface area contributed by atoms with Gasteiger partial charge in [-0.05, 0) is 23.6 Å². The number of nitrogens with zero attached hydrogens (tertiary/aromatic N) is 1. The van der Waals surface area contributed by atoms with Crippen molar-refractivity contribution in [3.05, 3.63) is 60.2 Å². The Bertz CT molecular complexity index is 727. The molecule has 2 aromatic rings. The highest BCUT2D eigenvalue weighted by Crippen LogP contribution is 2.20. The number of carbonyl (C=O) groups is 1. The number of anilines is 1. The van der Waals surface area contributed by atoms with Gasteiger partial charge in [-0.3, -0.25) is 4.79 Å². The zero-order valence-corrected chi connectivity index (χ0v) is 16.3. The molecule has 1 aliphatic rings. The van der Waals surface area contributed by atoms with Crippen LogP contribution in [0.4, 0.5) is 5.69 Å². The van der Waals surface area contributed by atoms with Crippen LogP contribution < -0.4 is 19.9 Å². The lowest BCUT2D eigenvalue weighted by Gasteiger charge is -2.33. The number of amides is 1. The predicted octanol–water partition coefficient (Wildman–Crippen LogP) is 1.32. The van der Waals surface area contributed by atoms with Crippen molar-refractivity contribution in [2.45, 2.75) is 12.8 Å². The maximum absolute atomic E-state index is 12.3. The van der Waals surface area contributed by atoms with Crippen LogP contribution in [-0.2, 0) is 4.79 Å². The van der Waals surface area contributed by atoms with Crippen molar-refractivity contribution in [3.63, 3.8) is 0 Å². The minimum atomic E-state index is 0.141. The summed E-state index contributed by atoms with van der Waals surface area (Å²) in [6, 6.07) is 18.5. The van der Waals surface area contributed by atoms with Crippen molar-refractivity contribution in [1.29, 1.82) is 0 Å². The lowest BCUT2D eigenvalue weighted by molar-refractivity contribution is -0.892. The molecule has 1 saturated heterocycles. The number of ether oxygens (including phenoxy) is 1. The molecule has 3 rings (SSSR count). The van der Waals surface area contributed by atoms with Crippen LogP contribution in [0.15, 0.2) is 54.6 Å². The van der Waals surface area contributed by atoms with Gasteiger partial charge < -0.3 is 19.9 Å². The standard InChI is InChI=1S/C22H29N3O2/c1-18(19-7-4-3-5-8-19)16-23-22(26)17-24-11-13-25(14-12-24)20-9-6-10-21(15-20)27-2/h3-10,15,18H,11-14,16-17H2,1-2H3,(H,23,26)/p+1/t18-/m1/s1. The summed E-state index contributed by atoms with van der Waals surface area (Å²) in [4.78, 5) is 16.0. The average Bonchev–Trinajstić information content (AvgIpc) is 2.73. The van der Waals surface area contributed by atoms with Crippen molar-refractivity contribution in [2.75, 3.05) is 51.3 Å². The largest absolute Gasteiger partial charge is 0.497 e. The lowest BCUT2D eigenvalue weighted by Crippen LogP contribution is -3.16. The maximum atomic E-state index is 12.3. The number of methoxy groups -OCH3 is 1. The summed E-state index contributed by atoms with van der Waals surface area (Å²) in [5.74, 6) is 1.35. The Kier molecular flexibility index (Phi) is 6.71. The van der Waals surface area contributed by atoms with Crippen molar-refractivity contribution in [3.8, 4) is 5.75 Å².